The van der Waals surface area contributed by atoms with Crippen LogP contribution in [0.2, 0.25) is 5.02 Å². The van der Waals surface area contributed by atoms with Gasteiger partial charge in [0.25, 0.3) is 0 Å². The van der Waals surface area contributed by atoms with Gasteiger partial charge in [0.2, 0.25) is 0 Å². The molecule has 84 valence electrons. The lowest BCUT2D eigenvalue weighted by Crippen LogP contribution is -1.86. The average molecular weight is 242 g/mol. The van der Waals surface area contributed by atoms with Crippen LogP contribution in [0, 0.1) is 6.92 Å². The van der Waals surface area contributed by atoms with Gasteiger partial charge in [-0.05, 0) is 48.4 Å². The molecule has 0 radical (unpaired) electrons. The fourth-order valence-electron chi connectivity index (χ4n) is 2.17. The smallest absolute Gasteiger partial charge is 0.0531 e. The summed E-state index contributed by atoms with van der Waals surface area (Å²) in [7, 11) is 0. The van der Waals surface area contributed by atoms with Gasteiger partial charge in [-0.3, -0.25) is 0 Å². The molecule has 17 heavy (non-hydrogen) atoms. The summed E-state index contributed by atoms with van der Waals surface area (Å²) < 4.78 is 2.21. The first-order chi connectivity index (χ1) is 8.25. The molecule has 2 aromatic heterocycles. The first-order valence-electron chi connectivity index (χ1n) is 5.58. The highest BCUT2D eigenvalue weighted by atomic mass is 35.5. The maximum absolute atomic E-state index is 5.92. The Kier molecular flexibility index (Phi) is 2.41. The van der Waals surface area contributed by atoms with Gasteiger partial charge >= 0.3 is 0 Å². The van der Waals surface area contributed by atoms with E-state index < -0.39 is 0 Å². The third-order valence-corrected chi connectivity index (χ3v) is 3.27. The molecular formula is C15H12ClN. The standard InChI is InChI=1S/C15H12ClN/c1-11-10-15(12-5-7-13(16)8-6-12)17-9-3-2-4-14(11)17/h2-10H,1H3. The molecule has 0 unspecified atom stereocenters. The van der Waals surface area contributed by atoms with Crippen LogP contribution in [-0.2, 0) is 0 Å². The number of hydrogen-bond donors (Lipinski definition) is 0. The molecule has 1 nitrogen and oxygen atoms in total. The average Bonchev–Trinajstić information content (AvgIpc) is 2.69. The van der Waals surface area contributed by atoms with Gasteiger partial charge in [-0.2, -0.15) is 0 Å². The fraction of sp³-hybridized carbons (Fsp3) is 0.0667. The second-order valence-corrected chi connectivity index (χ2v) is 4.61. The highest BCUT2D eigenvalue weighted by Gasteiger charge is 2.06. The summed E-state index contributed by atoms with van der Waals surface area (Å²) in [6.45, 7) is 2.13. The maximum Gasteiger partial charge on any atom is 0.0531 e. The molecule has 0 aliphatic heterocycles. The lowest BCUT2D eigenvalue weighted by atomic mass is 10.1. The van der Waals surface area contributed by atoms with Crippen LogP contribution in [0.3, 0.4) is 0 Å². The highest BCUT2D eigenvalue weighted by molar-refractivity contribution is 6.30. The SMILES string of the molecule is Cc1cc(-c2ccc(Cl)cc2)n2ccccc12. The Morgan fingerprint density at radius 1 is 1.00 bits per heavy atom. The topological polar surface area (TPSA) is 4.41 Å². The number of fused-ring (bicyclic) bond motifs is 1. The minimum Gasteiger partial charge on any atom is -0.316 e. The molecule has 3 aromatic rings. The molecule has 0 saturated heterocycles. The van der Waals surface area contributed by atoms with E-state index in [1.165, 1.54) is 22.3 Å². The van der Waals surface area contributed by atoms with Gasteiger partial charge in [-0.15, -0.1) is 0 Å². The van der Waals surface area contributed by atoms with E-state index in [4.69, 9.17) is 11.6 Å². The second kappa shape index (κ2) is 3.94. The molecule has 0 aliphatic carbocycles. The van der Waals surface area contributed by atoms with Gasteiger partial charge in [0.05, 0.1) is 5.69 Å². The first kappa shape index (κ1) is 10.4. The predicted molar refractivity (Wildman–Crippen MR) is 72.6 cm³/mol. The molecule has 0 amide bonds. The third kappa shape index (κ3) is 1.73. The number of nitrogens with zero attached hydrogens (tertiary/aromatic N) is 1. The van der Waals surface area contributed by atoms with Crippen LogP contribution in [0.25, 0.3) is 16.8 Å². The number of aryl methyl sites for hydroxylation is 1. The van der Waals surface area contributed by atoms with Crippen LogP contribution in [0.15, 0.2) is 54.7 Å². The molecule has 2 heteroatoms. The van der Waals surface area contributed by atoms with Crippen molar-refractivity contribution in [1.82, 2.24) is 4.40 Å². The summed E-state index contributed by atoms with van der Waals surface area (Å²) in [5.74, 6) is 0. The monoisotopic (exact) mass is 241 g/mol. The molecule has 0 bridgehead atoms. The Labute approximate surface area is 105 Å². The maximum atomic E-state index is 5.92. The van der Waals surface area contributed by atoms with Gasteiger partial charge in [0, 0.05) is 16.7 Å². The third-order valence-electron chi connectivity index (χ3n) is 3.02. The Hall–Kier alpha value is -1.73. The lowest BCUT2D eigenvalue weighted by molar-refractivity contribution is 1.20. The van der Waals surface area contributed by atoms with E-state index in [9.17, 15) is 0 Å². The van der Waals surface area contributed by atoms with Gasteiger partial charge < -0.3 is 4.40 Å². The van der Waals surface area contributed by atoms with E-state index in [2.05, 4.69) is 47.9 Å². The number of benzene rings is 1. The summed E-state index contributed by atoms with van der Waals surface area (Å²) in [4.78, 5) is 0. The zero-order chi connectivity index (χ0) is 11.8. The predicted octanol–water partition coefficient (Wildman–Crippen LogP) is 4.57. The minimum absolute atomic E-state index is 0.770. The zero-order valence-electron chi connectivity index (χ0n) is 9.52. The van der Waals surface area contributed by atoms with E-state index >= 15 is 0 Å². The summed E-state index contributed by atoms with van der Waals surface area (Å²) in [5, 5.41) is 0.770. The van der Waals surface area contributed by atoms with Gasteiger partial charge in [0.15, 0.2) is 0 Å². The summed E-state index contributed by atoms with van der Waals surface area (Å²) in [5.41, 5.74) is 4.92. The van der Waals surface area contributed by atoms with E-state index in [1.807, 2.05) is 18.2 Å². The van der Waals surface area contributed by atoms with Crippen LogP contribution in [-0.4, -0.2) is 4.40 Å². The number of rotatable bonds is 1. The molecule has 0 aliphatic rings. The van der Waals surface area contributed by atoms with Crippen molar-refractivity contribution in [3.8, 4) is 11.3 Å². The van der Waals surface area contributed by atoms with Crippen LogP contribution >= 0.6 is 11.6 Å². The molecule has 0 fully saturated rings. The Morgan fingerprint density at radius 2 is 1.76 bits per heavy atom. The number of pyridine rings is 1. The Bertz CT molecular complexity index is 665. The van der Waals surface area contributed by atoms with Crippen molar-refractivity contribution in [2.45, 2.75) is 6.92 Å². The highest BCUT2D eigenvalue weighted by Crippen LogP contribution is 2.26. The normalized spacial score (nSPS) is 10.9. The van der Waals surface area contributed by atoms with E-state index in [-0.39, 0.29) is 0 Å². The Balaban J connectivity index is 2.27. The van der Waals surface area contributed by atoms with Crippen molar-refractivity contribution < 1.29 is 0 Å². The van der Waals surface area contributed by atoms with Crippen molar-refractivity contribution in [2.24, 2.45) is 0 Å². The molecule has 0 N–H and O–H groups in total. The van der Waals surface area contributed by atoms with Crippen molar-refractivity contribution in [2.75, 3.05) is 0 Å². The number of hydrogen-bond acceptors (Lipinski definition) is 0. The van der Waals surface area contributed by atoms with Gasteiger partial charge in [-0.25, -0.2) is 0 Å². The molecule has 0 saturated carbocycles. The van der Waals surface area contributed by atoms with Gasteiger partial charge in [0.1, 0.15) is 0 Å². The van der Waals surface area contributed by atoms with Crippen LogP contribution in [0.5, 0.6) is 0 Å². The summed E-state index contributed by atoms with van der Waals surface area (Å²) in [6.07, 6.45) is 2.09. The minimum atomic E-state index is 0.770. The van der Waals surface area contributed by atoms with Crippen molar-refractivity contribution >= 4 is 17.1 Å². The molecule has 0 spiro atoms. The van der Waals surface area contributed by atoms with Crippen molar-refractivity contribution in [1.29, 1.82) is 0 Å². The second-order valence-electron chi connectivity index (χ2n) is 4.18. The van der Waals surface area contributed by atoms with Crippen LogP contribution < -0.4 is 0 Å². The zero-order valence-corrected chi connectivity index (χ0v) is 10.3. The largest absolute Gasteiger partial charge is 0.316 e. The van der Waals surface area contributed by atoms with Crippen LogP contribution in [0.4, 0.5) is 0 Å². The molecule has 1 aromatic carbocycles. The lowest BCUT2D eigenvalue weighted by Gasteiger charge is -2.02. The van der Waals surface area contributed by atoms with E-state index in [1.54, 1.807) is 0 Å². The molecule has 0 atom stereocenters. The fourth-order valence-corrected chi connectivity index (χ4v) is 2.29. The van der Waals surface area contributed by atoms with Crippen molar-refractivity contribution in [3.05, 3.63) is 65.3 Å². The summed E-state index contributed by atoms with van der Waals surface area (Å²) in [6, 6.07) is 16.4. The quantitative estimate of drug-likeness (QED) is 0.588. The molecule has 3 rings (SSSR count). The van der Waals surface area contributed by atoms with Gasteiger partial charge in [-0.1, -0.05) is 29.8 Å². The molecular weight excluding hydrogens is 230 g/mol. The van der Waals surface area contributed by atoms with Crippen LogP contribution in [0.1, 0.15) is 5.56 Å². The van der Waals surface area contributed by atoms with E-state index in [0.717, 1.165) is 5.02 Å². The van der Waals surface area contributed by atoms with Crippen molar-refractivity contribution in [3.63, 3.8) is 0 Å². The molecule has 2 heterocycles. The first-order valence-corrected chi connectivity index (χ1v) is 5.96. The Morgan fingerprint density at radius 3 is 2.53 bits per heavy atom. The van der Waals surface area contributed by atoms with E-state index in [0.29, 0.717) is 0 Å². The summed E-state index contributed by atoms with van der Waals surface area (Å²) >= 11 is 5.92. The number of aromatic nitrogens is 1. The number of halogens is 1.